The van der Waals surface area contributed by atoms with Crippen LogP contribution in [0.15, 0.2) is 18.2 Å². The van der Waals surface area contributed by atoms with Gasteiger partial charge in [0.05, 0.1) is 5.02 Å². The fraction of sp³-hybridized carbons (Fsp3) is 0.600. The average molecular weight is 283 g/mol. The van der Waals surface area contributed by atoms with Crippen LogP contribution in [0.1, 0.15) is 32.1 Å². The summed E-state index contributed by atoms with van der Waals surface area (Å²) in [7, 11) is 2.05. The fourth-order valence-corrected chi connectivity index (χ4v) is 3.86. The molecule has 4 heteroatoms. The molecule has 0 saturated carbocycles. The van der Waals surface area contributed by atoms with Gasteiger partial charge < -0.3 is 10.2 Å². The van der Waals surface area contributed by atoms with E-state index in [1.807, 2.05) is 13.1 Å². The van der Waals surface area contributed by atoms with Crippen molar-refractivity contribution < 1.29 is 4.39 Å². The number of nitrogens with zero attached hydrogens (tertiary/aromatic N) is 1. The smallest absolute Gasteiger partial charge is 0.141 e. The average Bonchev–Trinajstić information content (AvgIpc) is 2.40. The Kier molecular flexibility index (Phi) is 3.68. The molecule has 19 heavy (non-hydrogen) atoms. The van der Waals surface area contributed by atoms with Crippen LogP contribution < -0.4 is 10.2 Å². The second-order valence-corrected chi connectivity index (χ2v) is 6.11. The molecule has 2 fully saturated rings. The summed E-state index contributed by atoms with van der Waals surface area (Å²) in [5.41, 5.74) is 1.08. The maximum atomic E-state index is 13.3. The quantitative estimate of drug-likeness (QED) is 0.892. The summed E-state index contributed by atoms with van der Waals surface area (Å²) in [6.07, 6.45) is 6.09. The van der Waals surface area contributed by atoms with Crippen LogP contribution in [0.4, 0.5) is 10.1 Å². The van der Waals surface area contributed by atoms with E-state index in [2.05, 4.69) is 10.2 Å². The minimum atomic E-state index is -0.333. The van der Waals surface area contributed by atoms with E-state index < -0.39 is 0 Å². The molecular weight excluding hydrogens is 263 g/mol. The van der Waals surface area contributed by atoms with Crippen LogP contribution >= 0.6 is 11.6 Å². The largest absolute Gasteiger partial charge is 0.365 e. The van der Waals surface area contributed by atoms with Gasteiger partial charge in [-0.1, -0.05) is 11.6 Å². The van der Waals surface area contributed by atoms with E-state index in [4.69, 9.17) is 11.6 Å². The SMILES string of the molecule is CNC1CC2CCCC(C1)N2c1ccc(F)c(Cl)c1. The Morgan fingerprint density at radius 3 is 2.53 bits per heavy atom. The maximum Gasteiger partial charge on any atom is 0.141 e. The first kappa shape index (κ1) is 13.2. The number of piperidine rings is 2. The third kappa shape index (κ3) is 2.46. The molecule has 2 aliphatic rings. The summed E-state index contributed by atoms with van der Waals surface area (Å²) in [5.74, 6) is -0.333. The van der Waals surface area contributed by atoms with Gasteiger partial charge in [0, 0.05) is 23.8 Å². The highest BCUT2D eigenvalue weighted by Gasteiger charge is 2.37. The molecule has 2 nitrogen and oxygen atoms in total. The molecule has 2 aliphatic heterocycles. The van der Waals surface area contributed by atoms with Gasteiger partial charge in [0.15, 0.2) is 0 Å². The number of hydrogen-bond acceptors (Lipinski definition) is 2. The van der Waals surface area contributed by atoms with Gasteiger partial charge in [-0.15, -0.1) is 0 Å². The minimum absolute atomic E-state index is 0.228. The second kappa shape index (κ2) is 5.29. The van der Waals surface area contributed by atoms with Gasteiger partial charge >= 0.3 is 0 Å². The van der Waals surface area contributed by atoms with Crippen molar-refractivity contribution in [3.8, 4) is 0 Å². The van der Waals surface area contributed by atoms with E-state index in [-0.39, 0.29) is 10.8 Å². The van der Waals surface area contributed by atoms with Crippen LogP contribution in [0.3, 0.4) is 0 Å². The molecule has 0 aromatic heterocycles. The molecular formula is C15H20ClFN2. The molecule has 1 aromatic rings. The third-order valence-corrected chi connectivity index (χ3v) is 4.87. The Morgan fingerprint density at radius 1 is 1.26 bits per heavy atom. The lowest BCUT2D eigenvalue weighted by Gasteiger charge is -2.50. The zero-order chi connectivity index (χ0) is 13.4. The number of rotatable bonds is 2. The molecule has 2 unspecified atom stereocenters. The zero-order valence-electron chi connectivity index (χ0n) is 11.2. The first-order valence-corrected chi connectivity index (χ1v) is 7.47. The summed E-state index contributed by atoms with van der Waals surface area (Å²) in [6.45, 7) is 0. The number of anilines is 1. The molecule has 0 radical (unpaired) electrons. The Balaban J connectivity index is 1.89. The van der Waals surface area contributed by atoms with Gasteiger partial charge in [-0.25, -0.2) is 4.39 Å². The lowest BCUT2D eigenvalue weighted by atomic mass is 9.81. The molecule has 3 rings (SSSR count). The summed E-state index contributed by atoms with van der Waals surface area (Å²) in [5, 5.41) is 3.64. The van der Waals surface area contributed by atoms with Gasteiger partial charge in [0.25, 0.3) is 0 Å². The Bertz CT molecular complexity index is 451. The summed E-state index contributed by atoms with van der Waals surface area (Å²) >= 11 is 5.93. The van der Waals surface area contributed by atoms with Crippen molar-refractivity contribution in [1.29, 1.82) is 0 Å². The van der Waals surface area contributed by atoms with E-state index in [9.17, 15) is 4.39 Å². The number of benzene rings is 1. The fourth-order valence-electron chi connectivity index (χ4n) is 3.68. The van der Waals surface area contributed by atoms with Crippen LogP contribution in [0.5, 0.6) is 0 Å². The normalized spacial score (nSPS) is 30.5. The first-order chi connectivity index (χ1) is 9.19. The number of halogens is 2. The van der Waals surface area contributed by atoms with Crippen molar-refractivity contribution in [3.63, 3.8) is 0 Å². The van der Waals surface area contributed by atoms with Crippen LogP contribution in [-0.2, 0) is 0 Å². The van der Waals surface area contributed by atoms with E-state index in [1.165, 1.54) is 38.2 Å². The molecule has 0 spiro atoms. The Hall–Kier alpha value is -0.800. The predicted octanol–water partition coefficient (Wildman–Crippen LogP) is 3.59. The van der Waals surface area contributed by atoms with Crippen LogP contribution in [0.2, 0.25) is 5.02 Å². The number of fused-ring (bicyclic) bond motifs is 2. The number of nitrogens with one attached hydrogen (secondary N) is 1. The van der Waals surface area contributed by atoms with E-state index in [0.29, 0.717) is 18.1 Å². The van der Waals surface area contributed by atoms with Gasteiger partial charge in [-0.3, -0.25) is 0 Å². The highest BCUT2D eigenvalue weighted by Crippen LogP contribution is 2.38. The van der Waals surface area contributed by atoms with Gasteiger partial charge in [-0.2, -0.15) is 0 Å². The molecule has 2 atom stereocenters. The molecule has 104 valence electrons. The first-order valence-electron chi connectivity index (χ1n) is 7.09. The summed E-state index contributed by atoms with van der Waals surface area (Å²) < 4.78 is 13.3. The highest BCUT2D eigenvalue weighted by molar-refractivity contribution is 6.31. The lowest BCUT2D eigenvalue weighted by molar-refractivity contribution is 0.252. The molecule has 2 heterocycles. The van der Waals surface area contributed by atoms with Crippen molar-refractivity contribution in [2.24, 2.45) is 0 Å². The van der Waals surface area contributed by atoms with Gasteiger partial charge in [0.1, 0.15) is 5.82 Å². The zero-order valence-corrected chi connectivity index (χ0v) is 12.0. The third-order valence-electron chi connectivity index (χ3n) is 4.58. The molecule has 1 N–H and O–H groups in total. The summed E-state index contributed by atoms with van der Waals surface area (Å²) in [6, 6.07) is 6.87. The van der Waals surface area contributed by atoms with E-state index in [0.717, 1.165) is 5.69 Å². The Morgan fingerprint density at radius 2 is 1.95 bits per heavy atom. The molecule has 0 aliphatic carbocycles. The monoisotopic (exact) mass is 282 g/mol. The van der Waals surface area contributed by atoms with Crippen LogP contribution in [0, 0.1) is 5.82 Å². The van der Waals surface area contributed by atoms with Crippen molar-refractivity contribution in [2.45, 2.75) is 50.2 Å². The molecule has 0 amide bonds. The standard InChI is InChI=1S/C15H20ClFN2/c1-18-10-7-11-3-2-4-12(8-10)19(11)13-5-6-15(17)14(16)9-13/h5-6,9-12,18H,2-4,7-8H2,1H3. The van der Waals surface area contributed by atoms with Gasteiger partial charge in [0.2, 0.25) is 0 Å². The molecule has 1 aromatic carbocycles. The van der Waals surface area contributed by atoms with Crippen LogP contribution in [-0.4, -0.2) is 25.2 Å². The molecule has 2 bridgehead atoms. The van der Waals surface area contributed by atoms with E-state index >= 15 is 0 Å². The van der Waals surface area contributed by atoms with Crippen molar-refractivity contribution in [2.75, 3.05) is 11.9 Å². The van der Waals surface area contributed by atoms with Gasteiger partial charge in [-0.05, 0) is 57.4 Å². The maximum absolute atomic E-state index is 13.3. The number of hydrogen-bond donors (Lipinski definition) is 1. The van der Waals surface area contributed by atoms with E-state index in [1.54, 1.807) is 6.07 Å². The second-order valence-electron chi connectivity index (χ2n) is 5.70. The predicted molar refractivity (Wildman–Crippen MR) is 77.4 cm³/mol. The molecule has 2 saturated heterocycles. The topological polar surface area (TPSA) is 15.3 Å². The minimum Gasteiger partial charge on any atom is -0.365 e. The lowest BCUT2D eigenvalue weighted by Crippen LogP contribution is -2.56. The van der Waals surface area contributed by atoms with Crippen molar-refractivity contribution in [3.05, 3.63) is 29.0 Å². The van der Waals surface area contributed by atoms with Crippen LogP contribution in [0.25, 0.3) is 0 Å². The summed E-state index contributed by atoms with van der Waals surface area (Å²) in [4.78, 5) is 2.47. The van der Waals surface area contributed by atoms with Crippen molar-refractivity contribution in [1.82, 2.24) is 5.32 Å². The Labute approximate surface area is 118 Å². The highest BCUT2D eigenvalue weighted by atomic mass is 35.5. The van der Waals surface area contributed by atoms with Crippen molar-refractivity contribution >= 4 is 17.3 Å².